The molecule has 0 bridgehead atoms. The third-order valence-corrected chi connectivity index (χ3v) is 3.14. The molecule has 0 saturated heterocycles. The molecule has 1 aromatic rings. The van der Waals surface area contributed by atoms with Gasteiger partial charge in [-0.2, -0.15) is 0 Å². The third kappa shape index (κ3) is 5.35. The van der Waals surface area contributed by atoms with Gasteiger partial charge in [0.25, 0.3) is 0 Å². The highest BCUT2D eigenvalue weighted by Crippen LogP contribution is 2.26. The summed E-state index contributed by atoms with van der Waals surface area (Å²) in [6.45, 7) is 4.86. The van der Waals surface area contributed by atoms with Crippen LogP contribution < -0.4 is 21.5 Å². The quantitative estimate of drug-likeness (QED) is 0.632. The molecule has 0 aliphatic carbocycles. The third-order valence-electron chi connectivity index (χ3n) is 2.52. The van der Waals surface area contributed by atoms with Gasteiger partial charge in [-0.1, -0.05) is 6.07 Å². The van der Waals surface area contributed by atoms with Gasteiger partial charge in [-0.25, -0.2) is 0 Å². The summed E-state index contributed by atoms with van der Waals surface area (Å²) in [4.78, 5) is 0. The summed E-state index contributed by atoms with van der Waals surface area (Å²) in [5.74, 6) is 0.871. The van der Waals surface area contributed by atoms with Crippen LogP contribution in [0.4, 0.5) is 0 Å². The van der Waals surface area contributed by atoms with Gasteiger partial charge in [0.2, 0.25) is 0 Å². The van der Waals surface area contributed by atoms with Crippen molar-refractivity contribution in [3.8, 4) is 5.75 Å². The molecule has 0 spiro atoms. The number of rotatable bonds is 8. The first kappa shape index (κ1) is 15.4. The van der Waals surface area contributed by atoms with Crippen molar-refractivity contribution in [3.05, 3.63) is 28.2 Å². The molecule has 1 unspecified atom stereocenters. The molecule has 0 saturated carbocycles. The molecule has 0 aromatic heterocycles. The van der Waals surface area contributed by atoms with Gasteiger partial charge in [0.15, 0.2) is 0 Å². The predicted molar refractivity (Wildman–Crippen MR) is 78.9 cm³/mol. The smallest absolute Gasteiger partial charge is 0.133 e. The zero-order chi connectivity index (χ0) is 13.4. The van der Waals surface area contributed by atoms with E-state index in [1.165, 1.54) is 5.56 Å². The van der Waals surface area contributed by atoms with Crippen LogP contribution in [0.3, 0.4) is 0 Å². The highest BCUT2D eigenvalue weighted by Gasteiger charge is 2.06. The van der Waals surface area contributed by atoms with Gasteiger partial charge >= 0.3 is 0 Å². The molecule has 0 heterocycles. The molecule has 1 rings (SSSR count). The average Bonchev–Trinajstić information content (AvgIpc) is 2.33. The summed E-state index contributed by atoms with van der Waals surface area (Å²) in [6, 6.07) is 6.19. The summed E-state index contributed by atoms with van der Waals surface area (Å²) in [5, 5.41) is 3.21. The van der Waals surface area contributed by atoms with E-state index in [0.29, 0.717) is 13.2 Å². The summed E-state index contributed by atoms with van der Waals surface area (Å²) < 4.78 is 6.45. The molecule has 0 aliphatic heterocycles. The van der Waals surface area contributed by atoms with Gasteiger partial charge in [-0.15, -0.1) is 0 Å². The number of ether oxygens (including phenoxy) is 1. The average molecular weight is 316 g/mol. The Morgan fingerprint density at radius 1 is 1.44 bits per heavy atom. The largest absolute Gasteiger partial charge is 0.493 e. The molecule has 0 fully saturated rings. The van der Waals surface area contributed by atoms with Gasteiger partial charge < -0.3 is 21.5 Å². The van der Waals surface area contributed by atoms with Crippen LogP contribution >= 0.6 is 15.9 Å². The summed E-state index contributed by atoms with van der Waals surface area (Å²) >= 11 is 3.50. The van der Waals surface area contributed by atoms with E-state index >= 15 is 0 Å². The van der Waals surface area contributed by atoms with Crippen LogP contribution in [0.2, 0.25) is 0 Å². The Morgan fingerprint density at radius 3 is 2.83 bits per heavy atom. The Bertz CT molecular complexity index is 360. The van der Waals surface area contributed by atoms with E-state index < -0.39 is 0 Å². The highest BCUT2D eigenvalue weighted by molar-refractivity contribution is 9.10. The Hall–Kier alpha value is -0.620. The van der Waals surface area contributed by atoms with Crippen LogP contribution in [0.15, 0.2) is 22.7 Å². The maximum atomic E-state index is 6.04. The van der Waals surface area contributed by atoms with Gasteiger partial charge in [-0.05, 0) is 47.0 Å². The first-order chi connectivity index (χ1) is 8.67. The monoisotopic (exact) mass is 315 g/mol. The van der Waals surface area contributed by atoms with Crippen molar-refractivity contribution < 1.29 is 4.74 Å². The van der Waals surface area contributed by atoms with E-state index in [1.54, 1.807) is 0 Å². The first-order valence-corrected chi connectivity index (χ1v) is 7.04. The minimum atomic E-state index is 0.0985. The molecule has 0 radical (unpaired) electrons. The highest BCUT2D eigenvalue weighted by atomic mass is 79.9. The number of halogens is 1. The fourth-order valence-electron chi connectivity index (χ4n) is 1.71. The second kappa shape index (κ2) is 8.48. The number of hydrogen-bond donors (Lipinski definition) is 3. The van der Waals surface area contributed by atoms with Crippen LogP contribution in [0.5, 0.6) is 5.75 Å². The fraction of sp³-hybridized carbons (Fsp3) is 0.538. The van der Waals surface area contributed by atoms with Crippen molar-refractivity contribution in [2.75, 3.05) is 26.2 Å². The molecule has 0 aliphatic rings. The Kier molecular flexibility index (Phi) is 7.27. The normalized spacial score (nSPS) is 12.4. The second-order valence-electron chi connectivity index (χ2n) is 4.15. The molecular formula is C13H22BrN3O. The number of nitrogens with two attached hydrogens (primary N) is 2. The van der Waals surface area contributed by atoms with Crippen LogP contribution in [0.1, 0.15) is 12.5 Å². The molecule has 18 heavy (non-hydrogen) atoms. The molecule has 1 atom stereocenters. The van der Waals surface area contributed by atoms with Crippen molar-refractivity contribution in [3.63, 3.8) is 0 Å². The first-order valence-electron chi connectivity index (χ1n) is 6.25. The second-order valence-corrected chi connectivity index (χ2v) is 5.01. The zero-order valence-corrected chi connectivity index (χ0v) is 12.4. The summed E-state index contributed by atoms with van der Waals surface area (Å²) in [6.07, 6.45) is 0.836. The van der Waals surface area contributed by atoms with E-state index in [0.717, 1.165) is 29.7 Å². The number of benzene rings is 1. The minimum absolute atomic E-state index is 0.0985. The number of hydrogen-bond acceptors (Lipinski definition) is 4. The van der Waals surface area contributed by atoms with Crippen LogP contribution in [0.25, 0.3) is 0 Å². The van der Waals surface area contributed by atoms with E-state index in [-0.39, 0.29) is 6.04 Å². The topological polar surface area (TPSA) is 73.3 Å². The van der Waals surface area contributed by atoms with Crippen molar-refractivity contribution in [1.29, 1.82) is 0 Å². The number of nitrogens with one attached hydrogen (secondary N) is 1. The lowest BCUT2D eigenvalue weighted by atomic mass is 10.1. The SMILES string of the molecule is CCOc1ccc(CC(N)CNCCN)cc1Br. The molecular weight excluding hydrogens is 294 g/mol. The van der Waals surface area contributed by atoms with Crippen molar-refractivity contribution in [2.24, 2.45) is 11.5 Å². The minimum Gasteiger partial charge on any atom is -0.493 e. The van der Waals surface area contributed by atoms with Crippen molar-refractivity contribution in [1.82, 2.24) is 5.32 Å². The maximum Gasteiger partial charge on any atom is 0.133 e. The Morgan fingerprint density at radius 2 is 2.22 bits per heavy atom. The molecule has 102 valence electrons. The predicted octanol–water partition coefficient (Wildman–Crippen LogP) is 1.27. The van der Waals surface area contributed by atoms with Gasteiger partial charge in [0.05, 0.1) is 11.1 Å². The standard InChI is InChI=1S/C13H22BrN3O/c1-2-18-13-4-3-10(8-12(13)14)7-11(16)9-17-6-5-15/h3-4,8,11,17H,2,5-7,9,15-16H2,1H3. The summed E-state index contributed by atoms with van der Waals surface area (Å²) in [5.41, 5.74) is 12.7. The Balaban J connectivity index is 2.49. The summed E-state index contributed by atoms with van der Waals surface area (Å²) in [7, 11) is 0. The zero-order valence-electron chi connectivity index (χ0n) is 10.8. The maximum absolute atomic E-state index is 6.04. The molecule has 0 amide bonds. The lowest BCUT2D eigenvalue weighted by Crippen LogP contribution is -2.37. The van der Waals surface area contributed by atoms with Gasteiger partial charge in [0, 0.05) is 25.7 Å². The fourth-order valence-corrected chi connectivity index (χ4v) is 2.25. The van der Waals surface area contributed by atoms with Crippen LogP contribution in [0, 0.1) is 0 Å². The lowest BCUT2D eigenvalue weighted by Gasteiger charge is -2.13. The van der Waals surface area contributed by atoms with Gasteiger partial charge in [-0.3, -0.25) is 0 Å². The van der Waals surface area contributed by atoms with Crippen molar-refractivity contribution in [2.45, 2.75) is 19.4 Å². The molecule has 1 aromatic carbocycles. The van der Waals surface area contributed by atoms with Crippen molar-refractivity contribution >= 4 is 15.9 Å². The van der Waals surface area contributed by atoms with E-state index in [1.807, 2.05) is 13.0 Å². The lowest BCUT2D eigenvalue weighted by molar-refractivity contribution is 0.338. The Labute approximate surface area is 117 Å². The van der Waals surface area contributed by atoms with Gasteiger partial charge in [0.1, 0.15) is 5.75 Å². The van der Waals surface area contributed by atoms with E-state index in [4.69, 9.17) is 16.2 Å². The molecule has 5 heteroatoms. The van der Waals surface area contributed by atoms with Crippen LogP contribution in [-0.4, -0.2) is 32.3 Å². The van der Waals surface area contributed by atoms with Crippen LogP contribution in [-0.2, 0) is 6.42 Å². The molecule has 4 nitrogen and oxygen atoms in total. The van der Waals surface area contributed by atoms with E-state index in [2.05, 4.69) is 33.4 Å². The molecule has 5 N–H and O–H groups in total. The van der Waals surface area contributed by atoms with E-state index in [9.17, 15) is 0 Å².